The zero-order valence-electron chi connectivity index (χ0n) is 7.73. The number of carboxylic acid groups (broad SMARTS) is 1. The molecule has 1 aliphatic rings. The molecule has 1 unspecified atom stereocenters. The SMILES string of the molecule is O=C(O)c1cnn(CC2CCC2(F)F)n1. The molecule has 1 N–H and O–H groups in total. The molecular weight excluding hydrogens is 208 g/mol. The Morgan fingerprint density at radius 1 is 1.73 bits per heavy atom. The van der Waals surface area contributed by atoms with E-state index in [1.807, 2.05) is 0 Å². The van der Waals surface area contributed by atoms with Gasteiger partial charge in [-0.05, 0) is 6.42 Å². The second-order valence-electron chi connectivity index (χ2n) is 3.59. The van der Waals surface area contributed by atoms with E-state index in [-0.39, 0.29) is 18.7 Å². The fourth-order valence-electron chi connectivity index (χ4n) is 1.47. The Labute approximate surface area is 83.7 Å². The highest BCUT2D eigenvalue weighted by molar-refractivity contribution is 5.84. The lowest BCUT2D eigenvalue weighted by molar-refractivity contribution is -0.139. The van der Waals surface area contributed by atoms with Gasteiger partial charge in [0.25, 0.3) is 5.92 Å². The number of carbonyl (C=O) groups is 1. The van der Waals surface area contributed by atoms with Crippen LogP contribution in [0.1, 0.15) is 23.3 Å². The summed E-state index contributed by atoms with van der Waals surface area (Å²) >= 11 is 0. The summed E-state index contributed by atoms with van der Waals surface area (Å²) in [5, 5.41) is 15.7. The molecule has 0 aromatic carbocycles. The van der Waals surface area contributed by atoms with E-state index in [4.69, 9.17) is 5.11 Å². The largest absolute Gasteiger partial charge is 0.476 e. The number of hydrogen-bond donors (Lipinski definition) is 1. The summed E-state index contributed by atoms with van der Waals surface area (Å²) < 4.78 is 25.7. The van der Waals surface area contributed by atoms with Crippen molar-refractivity contribution in [1.82, 2.24) is 15.0 Å². The van der Waals surface area contributed by atoms with Crippen molar-refractivity contribution in [1.29, 1.82) is 0 Å². The maximum atomic E-state index is 12.9. The fourth-order valence-corrected chi connectivity index (χ4v) is 1.47. The van der Waals surface area contributed by atoms with E-state index in [0.29, 0.717) is 6.42 Å². The second-order valence-corrected chi connectivity index (χ2v) is 3.59. The van der Waals surface area contributed by atoms with Crippen LogP contribution in [0.5, 0.6) is 0 Å². The minimum Gasteiger partial charge on any atom is -0.476 e. The molecule has 0 spiro atoms. The highest BCUT2D eigenvalue weighted by Crippen LogP contribution is 2.43. The highest BCUT2D eigenvalue weighted by atomic mass is 19.3. The third kappa shape index (κ3) is 1.81. The van der Waals surface area contributed by atoms with Gasteiger partial charge in [0.05, 0.1) is 12.7 Å². The van der Waals surface area contributed by atoms with Gasteiger partial charge in [-0.3, -0.25) is 0 Å². The lowest BCUT2D eigenvalue weighted by Crippen LogP contribution is -2.41. The molecule has 82 valence electrons. The normalized spacial score (nSPS) is 23.5. The number of alkyl halides is 2. The zero-order chi connectivity index (χ0) is 11.1. The summed E-state index contributed by atoms with van der Waals surface area (Å²) in [5.74, 6) is -4.63. The van der Waals surface area contributed by atoms with Gasteiger partial charge in [-0.15, -0.1) is 5.10 Å². The van der Waals surface area contributed by atoms with E-state index in [0.717, 1.165) is 11.0 Å². The molecule has 0 amide bonds. The standard InChI is InChI=1S/C8H9F2N3O2/c9-8(10)2-1-5(8)4-13-11-3-6(12-13)7(14)15/h3,5H,1-2,4H2,(H,14,15). The number of hydrogen-bond acceptors (Lipinski definition) is 3. The van der Waals surface area contributed by atoms with Gasteiger partial charge in [0.1, 0.15) is 0 Å². The Morgan fingerprint density at radius 2 is 2.47 bits per heavy atom. The predicted molar refractivity (Wildman–Crippen MR) is 44.7 cm³/mol. The van der Waals surface area contributed by atoms with Crippen LogP contribution in [0.25, 0.3) is 0 Å². The lowest BCUT2D eigenvalue weighted by Gasteiger charge is -2.35. The molecule has 0 radical (unpaired) electrons. The number of aromatic nitrogens is 3. The molecule has 0 bridgehead atoms. The third-order valence-electron chi connectivity index (χ3n) is 2.56. The molecule has 7 heteroatoms. The summed E-state index contributed by atoms with van der Waals surface area (Å²) in [5.41, 5.74) is -0.224. The first-order chi connectivity index (χ1) is 6.99. The minimum atomic E-state index is -2.66. The molecule has 5 nitrogen and oxygen atoms in total. The van der Waals surface area contributed by atoms with Crippen LogP contribution in [0.15, 0.2) is 6.20 Å². The van der Waals surface area contributed by atoms with Gasteiger partial charge in [0.15, 0.2) is 5.69 Å². The van der Waals surface area contributed by atoms with E-state index in [1.54, 1.807) is 0 Å². The molecule has 1 aromatic rings. The van der Waals surface area contributed by atoms with Gasteiger partial charge in [-0.25, -0.2) is 13.6 Å². The minimum absolute atomic E-state index is 0.0275. The maximum Gasteiger partial charge on any atom is 0.358 e. The van der Waals surface area contributed by atoms with E-state index in [9.17, 15) is 13.6 Å². The number of carboxylic acids is 1. The highest BCUT2D eigenvalue weighted by Gasteiger charge is 2.48. The van der Waals surface area contributed by atoms with E-state index >= 15 is 0 Å². The lowest BCUT2D eigenvalue weighted by atomic mass is 9.81. The summed E-state index contributed by atoms with van der Waals surface area (Å²) in [6, 6.07) is 0. The average molecular weight is 217 g/mol. The van der Waals surface area contributed by atoms with Crippen molar-refractivity contribution >= 4 is 5.97 Å². The Balaban J connectivity index is 2.02. The molecule has 1 heterocycles. The zero-order valence-corrected chi connectivity index (χ0v) is 7.73. The number of halogens is 2. The van der Waals surface area contributed by atoms with Crippen molar-refractivity contribution in [2.45, 2.75) is 25.3 Å². The van der Waals surface area contributed by atoms with Crippen molar-refractivity contribution in [3.63, 3.8) is 0 Å². The summed E-state index contributed by atoms with van der Waals surface area (Å²) in [4.78, 5) is 11.5. The first-order valence-corrected chi connectivity index (χ1v) is 4.50. The molecular formula is C8H9F2N3O2. The van der Waals surface area contributed by atoms with Crippen LogP contribution >= 0.6 is 0 Å². The van der Waals surface area contributed by atoms with E-state index in [2.05, 4.69) is 10.2 Å². The van der Waals surface area contributed by atoms with Crippen molar-refractivity contribution in [2.75, 3.05) is 0 Å². The topological polar surface area (TPSA) is 68.0 Å². The second kappa shape index (κ2) is 3.25. The molecule has 1 saturated carbocycles. The van der Waals surface area contributed by atoms with Gasteiger partial charge in [-0.1, -0.05) is 0 Å². The summed E-state index contributed by atoms with van der Waals surface area (Å²) in [6.07, 6.45) is 1.38. The molecule has 15 heavy (non-hydrogen) atoms. The van der Waals surface area contributed by atoms with Crippen molar-refractivity contribution in [2.24, 2.45) is 5.92 Å². The smallest absolute Gasteiger partial charge is 0.358 e. The first kappa shape index (κ1) is 10.0. The van der Waals surface area contributed by atoms with Crippen molar-refractivity contribution in [3.8, 4) is 0 Å². The van der Waals surface area contributed by atoms with Crippen molar-refractivity contribution in [3.05, 3.63) is 11.9 Å². The van der Waals surface area contributed by atoms with Crippen LogP contribution in [0.3, 0.4) is 0 Å². The fraction of sp³-hybridized carbons (Fsp3) is 0.625. The third-order valence-corrected chi connectivity index (χ3v) is 2.56. The molecule has 1 aromatic heterocycles. The quantitative estimate of drug-likeness (QED) is 0.820. The van der Waals surface area contributed by atoms with Gasteiger partial charge >= 0.3 is 5.97 Å². The maximum absolute atomic E-state index is 12.9. The number of rotatable bonds is 3. The van der Waals surface area contributed by atoms with Gasteiger partial charge < -0.3 is 5.11 Å². The van der Waals surface area contributed by atoms with Crippen LogP contribution in [-0.4, -0.2) is 32.0 Å². The van der Waals surface area contributed by atoms with Gasteiger partial charge in [0.2, 0.25) is 0 Å². The molecule has 1 atom stereocenters. The van der Waals surface area contributed by atoms with Crippen LogP contribution in [-0.2, 0) is 6.54 Å². The Bertz CT molecular complexity index is 391. The summed E-state index contributed by atoms with van der Waals surface area (Å²) in [6.45, 7) is -0.0275. The Kier molecular flexibility index (Phi) is 2.17. The van der Waals surface area contributed by atoms with Gasteiger partial charge in [-0.2, -0.15) is 9.90 Å². The Morgan fingerprint density at radius 3 is 2.87 bits per heavy atom. The predicted octanol–water partition coefficient (Wildman–Crippen LogP) is 1.02. The summed E-state index contributed by atoms with van der Waals surface area (Å²) in [7, 11) is 0. The van der Waals surface area contributed by atoms with Crippen LogP contribution in [0.4, 0.5) is 8.78 Å². The molecule has 0 aliphatic heterocycles. The number of aromatic carboxylic acids is 1. The van der Waals surface area contributed by atoms with Crippen LogP contribution < -0.4 is 0 Å². The monoisotopic (exact) mass is 217 g/mol. The molecule has 2 rings (SSSR count). The van der Waals surface area contributed by atoms with Crippen molar-refractivity contribution < 1.29 is 18.7 Å². The molecule has 1 fully saturated rings. The van der Waals surface area contributed by atoms with Crippen LogP contribution in [0, 0.1) is 5.92 Å². The molecule has 0 saturated heterocycles. The average Bonchev–Trinajstić information content (AvgIpc) is 2.61. The van der Waals surface area contributed by atoms with Gasteiger partial charge in [0, 0.05) is 12.3 Å². The molecule has 1 aliphatic carbocycles. The Hall–Kier alpha value is -1.53. The van der Waals surface area contributed by atoms with Crippen LogP contribution in [0.2, 0.25) is 0 Å². The van der Waals surface area contributed by atoms with E-state index < -0.39 is 17.8 Å². The number of nitrogens with zero attached hydrogens (tertiary/aromatic N) is 3. The first-order valence-electron chi connectivity index (χ1n) is 4.50. The van der Waals surface area contributed by atoms with E-state index in [1.165, 1.54) is 0 Å².